The van der Waals surface area contributed by atoms with Gasteiger partial charge in [-0.15, -0.1) is 0 Å². The van der Waals surface area contributed by atoms with Crippen molar-refractivity contribution in [1.29, 1.82) is 0 Å². The molecule has 0 aliphatic carbocycles. The molecule has 0 saturated carbocycles. The maximum Gasteiger partial charge on any atom is 0.341 e. The SMILES string of the molecule is O=C(O)c1ccc[n+](-c2cc(O)ccc2O)c1.[Cl-]. The largest absolute Gasteiger partial charge is 1.00 e. The molecule has 1 heterocycles. The topological polar surface area (TPSA) is 81.6 Å². The number of hydrogen-bond donors (Lipinski definition) is 3. The fourth-order valence-corrected chi connectivity index (χ4v) is 1.47. The third kappa shape index (κ3) is 2.70. The van der Waals surface area contributed by atoms with Gasteiger partial charge in [-0.05, 0) is 18.2 Å². The number of carboxylic acids is 1. The predicted octanol–water partition coefficient (Wildman–Crippen LogP) is -1.92. The maximum atomic E-state index is 10.8. The number of aromatic nitrogens is 1. The van der Waals surface area contributed by atoms with Gasteiger partial charge in [0.1, 0.15) is 11.3 Å². The number of carboxylic acid groups (broad SMARTS) is 1. The molecule has 0 atom stereocenters. The summed E-state index contributed by atoms with van der Waals surface area (Å²) < 4.78 is 1.43. The lowest BCUT2D eigenvalue weighted by Gasteiger charge is -2.00. The van der Waals surface area contributed by atoms with Crippen LogP contribution < -0.4 is 17.0 Å². The Morgan fingerprint density at radius 3 is 2.56 bits per heavy atom. The molecular weight excluding hydrogens is 258 g/mol. The van der Waals surface area contributed by atoms with E-state index in [0.29, 0.717) is 5.69 Å². The molecule has 0 aliphatic rings. The summed E-state index contributed by atoms with van der Waals surface area (Å²) in [5, 5.41) is 27.8. The van der Waals surface area contributed by atoms with Crippen LogP contribution >= 0.6 is 0 Å². The second-order valence-electron chi connectivity index (χ2n) is 3.48. The molecule has 18 heavy (non-hydrogen) atoms. The zero-order valence-electron chi connectivity index (χ0n) is 9.12. The van der Waals surface area contributed by atoms with Gasteiger partial charge in [-0.25, -0.2) is 4.79 Å². The molecule has 0 saturated heterocycles. The highest BCUT2D eigenvalue weighted by Gasteiger charge is 2.15. The van der Waals surface area contributed by atoms with Crippen molar-refractivity contribution >= 4 is 5.97 Å². The number of nitrogens with zero attached hydrogens (tertiary/aromatic N) is 1. The van der Waals surface area contributed by atoms with Crippen molar-refractivity contribution in [3.8, 4) is 17.2 Å². The summed E-state index contributed by atoms with van der Waals surface area (Å²) >= 11 is 0. The molecule has 0 aliphatic heterocycles. The lowest BCUT2D eigenvalue weighted by Crippen LogP contribution is -3.00. The van der Waals surface area contributed by atoms with Crippen molar-refractivity contribution in [1.82, 2.24) is 0 Å². The van der Waals surface area contributed by atoms with Crippen molar-refractivity contribution in [2.75, 3.05) is 0 Å². The van der Waals surface area contributed by atoms with Crippen LogP contribution in [-0.2, 0) is 0 Å². The molecule has 0 unspecified atom stereocenters. The Balaban J connectivity index is 0.00000162. The average molecular weight is 268 g/mol. The summed E-state index contributed by atoms with van der Waals surface area (Å²) in [5.41, 5.74) is 0.406. The molecular formula is C12H10ClNO4. The zero-order valence-corrected chi connectivity index (χ0v) is 9.87. The van der Waals surface area contributed by atoms with E-state index in [1.54, 1.807) is 12.3 Å². The molecule has 0 fully saturated rings. The van der Waals surface area contributed by atoms with Crippen LogP contribution in [0.2, 0.25) is 0 Å². The number of aromatic hydroxyl groups is 2. The second kappa shape index (κ2) is 5.37. The standard InChI is InChI=1S/C12H9NO4.ClH/c14-9-3-4-11(15)10(6-9)13-5-1-2-8(7-13)12(16)17;/h1-7H,(H2-,14,15,16,17);1H. The summed E-state index contributed by atoms with van der Waals surface area (Å²) in [6.07, 6.45) is 2.94. The highest BCUT2D eigenvalue weighted by molar-refractivity contribution is 5.86. The molecule has 0 amide bonds. The van der Waals surface area contributed by atoms with Crippen LogP contribution in [0.5, 0.6) is 11.5 Å². The van der Waals surface area contributed by atoms with Crippen LogP contribution in [0.25, 0.3) is 5.69 Å². The molecule has 94 valence electrons. The fourth-order valence-electron chi connectivity index (χ4n) is 1.47. The van der Waals surface area contributed by atoms with Crippen molar-refractivity contribution in [2.24, 2.45) is 0 Å². The summed E-state index contributed by atoms with van der Waals surface area (Å²) in [7, 11) is 0. The number of pyridine rings is 1. The summed E-state index contributed by atoms with van der Waals surface area (Å²) in [6.45, 7) is 0. The molecule has 3 N–H and O–H groups in total. The third-order valence-electron chi connectivity index (χ3n) is 2.28. The minimum Gasteiger partial charge on any atom is -1.00 e. The van der Waals surface area contributed by atoms with E-state index in [2.05, 4.69) is 0 Å². The lowest BCUT2D eigenvalue weighted by atomic mass is 10.2. The van der Waals surface area contributed by atoms with Gasteiger partial charge in [0.2, 0.25) is 0 Å². The highest BCUT2D eigenvalue weighted by atomic mass is 35.5. The minimum absolute atomic E-state index is 0. The Hall–Kier alpha value is -2.27. The monoisotopic (exact) mass is 267 g/mol. The van der Waals surface area contributed by atoms with Gasteiger partial charge in [0.25, 0.3) is 5.69 Å². The molecule has 2 rings (SSSR count). The van der Waals surface area contributed by atoms with Gasteiger partial charge < -0.3 is 27.7 Å². The highest BCUT2D eigenvalue weighted by Crippen LogP contribution is 2.21. The van der Waals surface area contributed by atoms with Crippen LogP contribution in [-0.4, -0.2) is 21.3 Å². The molecule has 1 aromatic carbocycles. The molecule has 2 aromatic rings. The normalized spacial score (nSPS) is 9.56. The Morgan fingerprint density at radius 2 is 1.89 bits per heavy atom. The number of hydrogen-bond acceptors (Lipinski definition) is 3. The third-order valence-corrected chi connectivity index (χ3v) is 2.28. The quantitative estimate of drug-likeness (QED) is 0.438. The summed E-state index contributed by atoms with van der Waals surface area (Å²) in [6, 6.07) is 7.03. The first-order chi connectivity index (χ1) is 8.08. The smallest absolute Gasteiger partial charge is 0.341 e. The van der Waals surface area contributed by atoms with Crippen molar-refractivity contribution in [3.05, 3.63) is 48.3 Å². The van der Waals surface area contributed by atoms with Gasteiger partial charge in [0, 0.05) is 6.07 Å². The van der Waals surface area contributed by atoms with E-state index in [-0.39, 0.29) is 29.5 Å². The van der Waals surface area contributed by atoms with Crippen LogP contribution in [0.4, 0.5) is 0 Å². The first-order valence-electron chi connectivity index (χ1n) is 4.85. The molecule has 5 nitrogen and oxygen atoms in total. The van der Waals surface area contributed by atoms with Crippen LogP contribution in [0.3, 0.4) is 0 Å². The number of phenolic OH excluding ortho intramolecular Hbond substituents is 2. The number of aromatic carboxylic acids is 1. The van der Waals surface area contributed by atoms with E-state index in [9.17, 15) is 15.0 Å². The minimum atomic E-state index is -1.06. The van der Waals surface area contributed by atoms with E-state index in [1.165, 1.54) is 35.0 Å². The number of benzene rings is 1. The average Bonchev–Trinajstić information content (AvgIpc) is 2.32. The zero-order chi connectivity index (χ0) is 12.4. The predicted molar refractivity (Wildman–Crippen MR) is 58.3 cm³/mol. The van der Waals surface area contributed by atoms with Gasteiger partial charge >= 0.3 is 5.97 Å². The molecule has 0 spiro atoms. The lowest BCUT2D eigenvalue weighted by molar-refractivity contribution is -0.596. The van der Waals surface area contributed by atoms with E-state index >= 15 is 0 Å². The van der Waals surface area contributed by atoms with E-state index in [0.717, 1.165) is 0 Å². The number of halogens is 1. The van der Waals surface area contributed by atoms with Crippen molar-refractivity contribution < 1.29 is 37.1 Å². The van der Waals surface area contributed by atoms with E-state index in [1.807, 2.05) is 0 Å². The van der Waals surface area contributed by atoms with Gasteiger partial charge in [-0.2, -0.15) is 4.57 Å². The van der Waals surface area contributed by atoms with Crippen LogP contribution in [0.15, 0.2) is 42.7 Å². The van der Waals surface area contributed by atoms with Crippen molar-refractivity contribution in [2.45, 2.75) is 0 Å². The first-order valence-corrected chi connectivity index (χ1v) is 4.85. The Kier molecular flexibility index (Phi) is 4.12. The van der Waals surface area contributed by atoms with Crippen molar-refractivity contribution in [3.63, 3.8) is 0 Å². The van der Waals surface area contributed by atoms with Crippen LogP contribution in [0.1, 0.15) is 10.4 Å². The maximum absolute atomic E-state index is 10.8. The van der Waals surface area contributed by atoms with Crippen LogP contribution in [0, 0.1) is 0 Å². The van der Waals surface area contributed by atoms with E-state index < -0.39 is 5.97 Å². The first kappa shape index (κ1) is 13.8. The summed E-state index contributed by atoms with van der Waals surface area (Å²) in [4.78, 5) is 10.8. The van der Waals surface area contributed by atoms with E-state index in [4.69, 9.17) is 5.11 Å². The Bertz CT molecular complexity index is 586. The number of rotatable bonds is 2. The van der Waals surface area contributed by atoms with Gasteiger partial charge in [-0.1, -0.05) is 0 Å². The molecule has 0 radical (unpaired) electrons. The van der Waals surface area contributed by atoms with Gasteiger partial charge in [0.15, 0.2) is 18.1 Å². The molecule has 6 heteroatoms. The Labute approximate surface area is 109 Å². The molecule has 0 bridgehead atoms. The number of carbonyl (C=O) groups is 1. The Morgan fingerprint density at radius 1 is 1.17 bits per heavy atom. The second-order valence-corrected chi connectivity index (χ2v) is 3.48. The summed E-state index contributed by atoms with van der Waals surface area (Å²) in [5.74, 6) is -1.11. The van der Waals surface area contributed by atoms with Gasteiger partial charge in [0.05, 0.1) is 6.07 Å². The number of phenols is 2. The molecule has 1 aromatic heterocycles. The fraction of sp³-hybridized carbons (Fsp3) is 0. The van der Waals surface area contributed by atoms with Gasteiger partial charge in [-0.3, -0.25) is 0 Å².